The fourth-order valence-electron chi connectivity index (χ4n) is 9.31. The van der Waals surface area contributed by atoms with Crippen molar-refractivity contribution in [3.05, 3.63) is 81.9 Å². The average Bonchev–Trinajstić information content (AvgIpc) is 3.64. The van der Waals surface area contributed by atoms with Crippen molar-refractivity contribution in [1.82, 2.24) is 33.9 Å². The first kappa shape index (κ1) is 40.6. The molecular weight excluding hydrogens is 799 g/mol. The second-order valence-corrected chi connectivity index (χ2v) is 17.2. The van der Waals surface area contributed by atoms with Gasteiger partial charge in [-0.3, -0.25) is 34.2 Å². The van der Waals surface area contributed by atoms with Gasteiger partial charge in [0.25, 0.3) is 17.4 Å². The maximum atomic E-state index is 16.0. The van der Waals surface area contributed by atoms with E-state index in [0.717, 1.165) is 31.4 Å². The van der Waals surface area contributed by atoms with Crippen LogP contribution in [0.3, 0.4) is 0 Å². The van der Waals surface area contributed by atoms with E-state index in [1.807, 2.05) is 20.0 Å². The van der Waals surface area contributed by atoms with Crippen molar-refractivity contribution >= 4 is 45.9 Å². The van der Waals surface area contributed by atoms with Crippen LogP contribution < -0.4 is 25.8 Å². The molecule has 0 radical (unpaired) electrons. The molecule has 2 N–H and O–H groups in total. The molecule has 1 unspecified atom stereocenters. The fraction of sp³-hybridized carbons (Fsp3) is 0.488. The number of carbonyl (C=O) groups excluding carboxylic acids is 3. The number of aromatic nitrogens is 5. The molecule has 1 aromatic carbocycles. The molecule has 61 heavy (non-hydrogen) atoms. The molecule has 9 rings (SSSR count). The standard InChI is InChI=1S/C43H47F4N9O5/c1-23(2)61-36-18-37-48-33(21-54(37)20-28(36)40(58)49-32-5-4-12-55(41(32)59)35-17-31(35)45)25-8-6-24(7-9-25)19-53-13-10-29(43(46,47)22-53)26-16-34-27(15-30(26)44)39(51-52(34)3)56-14-11-38(57)50-42(56)60/h4-5,12,15-16,18,20-21,23-25,29,31,35H,6-11,13-14,17,19,22H2,1-3H3,(H,49,58)(H,50,57,60)/t24?,25?,29?,31-,35+/m1/s1. The molecule has 0 bridgehead atoms. The Bertz CT molecular complexity index is 2620. The minimum Gasteiger partial charge on any atom is -0.490 e. The summed E-state index contributed by atoms with van der Waals surface area (Å²) in [6.07, 6.45) is 7.33. The number of halogens is 4. The lowest BCUT2D eigenvalue weighted by Crippen LogP contribution is -2.49. The van der Waals surface area contributed by atoms with Crippen LogP contribution >= 0.6 is 0 Å². The summed E-state index contributed by atoms with van der Waals surface area (Å²) in [4.78, 5) is 58.7. The van der Waals surface area contributed by atoms with Gasteiger partial charge in [0.1, 0.15) is 29.1 Å². The number of likely N-dealkylation sites (tertiary alicyclic amines) is 1. The van der Waals surface area contributed by atoms with Crippen LogP contribution in [0.5, 0.6) is 5.75 Å². The van der Waals surface area contributed by atoms with Gasteiger partial charge in [-0.1, -0.05) is 0 Å². The quantitative estimate of drug-likeness (QED) is 0.148. The number of hydrogen-bond acceptors (Lipinski definition) is 8. The number of amides is 4. The topological polar surface area (TPSA) is 148 Å². The Balaban J connectivity index is 0.841. The summed E-state index contributed by atoms with van der Waals surface area (Å²) in [7, 11) is 1.61. The Morgan fingerprint density at radius 3 is 2.54 bits per heavy atom. The van der Waals surface area contributed by atoms with Crippen molar-refractivity contribution in [3.8, 4) is 5.75 Å². The molecule has 4 aromatic heterocycles. The number of alkyl halides is 3. The zero-order chi connectivity index (χ0) is 42.9. The number of piperidine rings is 1. The number of fused-ring (bicyclic) bond motifs is 2. The third-order valence-electron chi connectivity index (χ3n) is 12.5. The molecule has 6 heterocycles. The van der Waals surface area contributed by atoms with Gasteiger partial charge in [-0.05, 0) is 88.2 Å². The van der Waals surface area contributed by atoms with Crippen molar-refractivity contribution < 1.29 is 36.7 Å². The molecule has 2 saturated carbocycles. The molecule has 14 nitrogen and oxygen atoms in total. The van der Waals surface area contributed by atoms with Crippen LogP contribution in [-0.2, 0) is 11.8 Å². The summed E-state index contributed by atoms with van der Waals surface area (Å²) in [6.45, 7) is 4.16. The van der Waals surface area contributed by atoms with E-state index >= 15 is 13.2 Å². The summed E-state index contributed by atoms with van der Waals surface area (Å²) >= 11 is 0. The number of imide groups is 1. The molecule has 4 fully saturated rings. The summed E-state index contributed by atoms with van der Waals surface area (Å²) in [5.74, 6) is -5.49. The Morgan fingerprint density at radius 1 is 1.07 bits per heavy atom. The van der Waals surface area contributed by atoms with Gasteiger partial charge in [0, 0.05) is 68.9 Å². The summed E-state index contributed by atoms with van der Waals surface area (Å²) in [6, 6.07) is 6.17. The third kappa shape index (κ3) is 7.85. The molecule has 18 heteroatoms. The Hall–Kier alpha value is -5.78. The highest BCUT2D eigenvalue weighted by molar-refractivity contribution is 6.09. The number of anilines is 2. The van der Waals surface area contributed by atoms with Gasteiger partial charge in [-0.15, -0.1) is 0 Å². The number of nitrogens with zero attached hydrogens (tertiary/aromatic N) is 7. The van der Waals surface area contributed by atoms with Gasteiger partial charge in [-0.2, -0.15) is 5.10 Å². The molecule has 4 amide bonds. The first-order valence-corrected chi connectivity index (χ1v) is 20.9. The number of carbonyl (C=O) groups is 3. The van der Waals surface area contributed by atoms with Gasteiger partial charge < -0.3 is 19.0 Å². The first-order valence-electron chi connectivity index (χ1n) is 20.9. The summed E-state index contributed by atoms with van der Waals surface area (Å²) in [5, 5.41) is 9.60. The first-order chi connectivity index (χ1) is 29.1. The largest absolute Gasteiger partial charge is 0.490 e. The fourth-order valence-corrected chi connectivity index (χ4v) is 9.31. The van der Waals surface area contributed by atoms with Crippen molar-refractivity contribution in [1.29, 1.82) is 0 Å². The summed E-state index contributed by atoms with van der Waals surface area (Å²) < 4.78 is 72.0. The van der Waals surface area contributed by atoms with Gasteiger partial charge in [-0.25, -0.2) is 27.3 Å². The van der Waals surface area contributed by atoms with Crippen molar-refractivity contribution in [2.24, 2.45) is 13.0 Å². The van der Waals surface area contributed by atoms with Crippen molar-refractivity contribution in [3.63, 3.8) is 0 Å². The van der Waals surface area contributed by atoms with Crippen LogP contribution in [0.1, 0.15) is 98.3 Å². The average molecular weight is 846 g/mol. The zero-order valence-electron chi connectivity index (χ0n) is 34.0. The summed E-state index contributed by atoms with van der Waals surface area (Å²) in [5.41, 5.74) is 1.53. The van der Waals surface area contributed by atoms with Crippen LogP contribution in [0.4, 0.5) is 33.9 Å². The van der Waals surface area contributed by atoms with Crippen molar-refractivity contribution in [2.45, 2.75) is 94.9 Å². The molecule has 2 aliphatic heterocycles. The Morgan fingerprint density at radius 2 is 1.84 bits per heavy atom. The number of urea groups is 1. The molecule has 0 spiro atoms. The lowest BCUT2D eigenvalue weighted by atomic mass is 9.79. The minimum absolute atomic E-state index is 0.0389. The lowest BCUT2D eigenvalue weighted by molar-refractivity contribution is -0.120. The van der Waals surface area contributed by atoms with Crippen LogP contribution in [0.2, 0.25) is 0 Å². The van der Waals surface area contributed by atoms with E-state index in [1.54, 1.807) is 34.7 Å². The van der Waals surface area contributed by atoms with E-state index in [1.165, 1.54) is 38.5 Å². The highest BCUT2D eigenvalue weighted by Gasteiger charge is 2.47. The molecular formula is C43H47F4N9O5. The number of hydrogen-bond donors (Lipinski definition) is 2. The third-order valence-corrected chi connectivity index (χ3v) is 12.5. The zero-order valence-corrected chi connectivity index (χ0v) is 34.0. The Labute approximate surface area is 347 Å². The van der Waals surface area contributed by atoms with E-state index < -0.39 is 59.8 Å². The van der Waals surface area contributed by atoms with Crippen LogP contribution in [0, 0.1) is 11.7 Å². The second kappa shape index (κ2) is 15.6. The van der Waals surface area contributed by atoms with Gasteiger partial charge >= 0.3 is 6.03 Å². The van der Waals surface area contributed by atoms with Gasteiger partial charge in [0.15, 0.2) is 5.82 Å². The number of ether oxygens (including phenoxy) is 1. The normalized spacial score (nSPS) is 24.4. The number of aryl methyl sites for hydroxylation is 1. The van der Waals surface area contributed by atoms with E-state index in [-0.39, 0.29) is 66.4 Å². The van der Waals surface area contributed by atoms with Gasteiger partial charge in [0.2, 0.25) is 5.91 Å². The maximum absolute atomic E-state index is 16.0. The van der Waals surface area contributed by atoms with E-state index in [2.05, 4.69) is 15.7 Å². The second-order valence-electron chi connectivity index (χ2n) is 17.2. The number of imidazole rings is 1. The van der Waals surface area contributed by atoms with E-state index in [4.69, 9.17) is 9.72 Å². The maximum Gasteiger partial charge on any atom is 0.329 e. The minimum atomic E-state index is -3.20. The predicted molar refractivity (Wildman–Crippen MR) is 218 cm³/mol. The predicted octanol–water partition coefficient (Wildman–Crippen LogP) is 6.69. The highest BCUT2D eigenvalue weighted by Crippen LogP contribution is 2.44. The molecule has 322 valence electrons. The molecule has 3 atom stereocenters. The monoisotopic (exact) mass is 845 g/mol. The van der Waals surface area contributed by atoms with Crippen LogP contribution in [-0.4, -0.2) is 90.9 Å². The smallest absolute Gasteiger partial charge is 0.329 e. The highest BCUT2D eigenvalue weighted by atomic mass is 19.3. The van der Waals surface area contributed by atoms with Gasteiger partial charge in [0.05, 0.1) is 41.4 Å². The van der Waals surface area contributed by atoms with E-state index in [9.17, 15) is 23.6 Å². The molecule has 5 aromatic rings. The number of benzene rings is 1. The lowest BCUT2D eigenvalue weighted by Gasteiger charge is -2.41. The Kier molecular flexibility index (Phi) is 10.4. The molecule has 4 aliphatic rings. The van der Waals surface area contributed by atoms with Crippen LogP contribution in [0.25, 0.3) is 16.6 Å². The SMILES string of the molecule is CC(C)Oc1cc2nc(C3CCC(CN4CCC(c5cc6c(cc5F)c(N5CCC(=O)NC5=O)nn6C)C(F)(F)C4)CC3)cn2cc1C(=O)Nc1cccn([C@H]2C[C@H]2F)c1=O. The molecule has 2 aliphatic carbocycles. The number of rotatable bonds is 10. The number of pyridine rings is 2. The number of nitrogens with one attached hydrogen (secondary N) is 2. The van der Waals surface area contributed by atoms with Crippen molar-refractivity contribution in [2.75, 3.05) is 36.4 Å². The van der Waals surface area contributed by atoms with E-state index in [0.29, 0.717) is 35.4 Å². The van der Waals surface area contributed by atoms with Crippen LogP contribution in [0.15, 0.2) is 53.7 Å². The molecule has 2 saturated heterocycles.